The molecule has 1 aromatic rings. The van der Waals surface area contributed by atoms with Crippen LogP contribution in [0.2, 0.25) is 0 Å². The second-order valence-electron chi connectivity index (χ2n) is 4.89. The molecule has 1 fully saturated rings. The van der Waals surface area contributed by atoms with E-state index in [2.05, 4.69) is 0 Å². The van der Waals surface area contributed by atoms with Gasteiger partial charge in [0.25, 0.3) is 0 Å². The van der Waals surface area contributed by atoms with Crippen LogP contribution < -0.4 is 14.2 Å². The minimum atomic E-state index is -1.12. The van der Waals surface area contributed by atoms with Gasteiger partial charge in [-0.3, -0.25) is 9.59 Å². The van der Waals surface area contributed by atoms with Crippen LogP contribution in [0, 0.1) is 0 Å². The lowest BCUT2D eigenvalue weighted by molar-refractivity contribution is -0.128. The third kappa shape index (κ3) is 1.94. The van der Waals surface area contributed by atoms with Crippen LogP contribution >= 0.6 is 0 Å². The van der Waals surface area contributed by atoms with Gasteiger partial charge >= 0.3 is 0 Å². The van der Waals surface area contributed by atoms with Gasteiger partial charge in [0.1, 0.15) is 5.41 Å². The lowest BCUT2D eigenvalue weighted by Gasteiger charge is -2.23. The molecule has 0 saturated heterocycles. The number of hydrogen-bond donors (Lipinski definition) is 0. The molecule has 20 heavy (non-hydrogen) atoms. The Hall–Kier alpha value is -2.04. The summed E-state index contributed by atoms with van der Waals surface area (Å²) >= 11 is 0. The molecule has 0 unspecified atom stereocenters. The highest BCUT2D eigenvalue weighted by molar-refractivity contribution is 6.17. The van der Waals surface area contributed by atoms with Crippen LogP contribution in [0.5, 0.6) is 17.2 Å². The van der Waals surface area contributed by atoms with Crippen molar-refractivity contribution in [3.8, 4) is 17.2 Å². The van der Waals surface area contributed by atoms with Crippen molar-refractivity contribution in [2.24, 2.45) is 0 Å². The molecule has 5 heteroatoms. The molecule has 0 aromatic heterocycles. The van der Waals surface area contributed by atoms with E-state index in [1.807, 2.05) is 0 Å². The quantitative estimate of drug-likeness (QED) is 0.787. The maximum Gasteiger partial charge on any atom is 0.203 e. The monoisotopic (exact) mass is 278 g/mol. The van der Waals surface area contributed by atoms with Crippen molar-refractivity contribution >= 4 is 11.6 Å². The normalized spacial score (nSPS) is 17.2. The number of ether oxygens (including phenoxy) is 3. The maximum atomic E-state index is 12.1. The SMILES string of the molecule is COc1cc(C2(C)C(=O)CCC2=O)cc(OC)c1OC. The Labute approximate surface area is 117 Å². The van der Waals surface area contributed by atoms with Crippen molar-refractivity contribution < 1.29 is 23.8 Å². The van der Waals surface area contributed by atoms with Gasteiger partial charge < -0.3 is 14.2 Å². The minimum absolute atomic E-state index is 0.0724. The van der Waals surface area contributed by atoms with Gasteiger partial charge in [0.2, 0.25) is 5.75 Å². The van der Waals surface area contributed by atoms with E-state index in [9.17, 15) is 9.59 Å². The van der Waals surface area contributed by atoms with E-state index in [1.165, 1.54) is 21.3 Å². The molecule has 2 rings (SSSR count). The largest absolute Gasteiger partial charge is 0.493 e. The van der Waals surface area contributed by atoms with Gasteiger partial charge in [-0.1, -0.05) is 0 Å². The molecule has 0 N–H and O–H groups in total. The van der Waals surface area contributed by atoms with Crippen molar-refractivity contribution in [2.75, 3.05) is 21.3 Å². The van der Waals surface area contributed by atoms with E-state index >= 15 is 0 Å². The molecule has 0 spiro atoms. The molecular formula is C15H18O5. The fourth-order valence-corrected chi connectivity index (χ4v) is 2.57. The molecule has 0 atom stereocenters. The molecular weight excluding hydrogens is 260 g/mol. The first-order valence-corrected chi connectivity index (χ1v) is 6.36. The van der Waals surface area contributed by atoms with E-state index in [0.29, 0.717) is 22.8 Å². The summed E-state index contributed by atoms with van der Waals surface area (Å²) in [6.07, 6.45) is 0.567. The van der Waals surface area contributed by atoms with E-state index in [4.69, 9.17) is 14.2 Å². The Morgan fingerprint density at radius 3 is 1.70 bits per heavy atom. The lowest BCUT2D eigenvalue weighted by Crippen LogP contribution is -2.34. The number of carbonyl (C=O) groups excluding carboxylic acids is 2. The van der Waals surface area contributed by atoms with Gasteiger partial charge in [-0.15, -0.1) is 0 Å². The number of carbonyl (C=O) groups is 2. The van der Waals surface area contributed by atoms with Gasteiger partial charge in [-0.05, 0) is 24.6 Å². The molecule has 1 aliphatic carbocycles. The van der Waals surface area contributed by atoms with E-state index < -0.39 is 5.41 Å². The number of Topliss-reactive ketones (excluding diaryl/α,β-unsaturated/α-hetero) is 2. The molecule has 108 valence electrons. The molecule has 1 aromatic carbocycles. The summed E-state index contributed by atoms with van der Waals surface area (Å²) in [5, 5.41) is 0. The maximum absolute atomic E-state index is 12.1. The van der Waals surface area contributed by atoms with Crippen molar-refractivity contribution in [3.05, 3.63) is 17.7 Å². The zero-order valence-electron chi connectivity index (χ0n) is 12.1. The summed E-state index contributed by atoms with van der Waals surface area (Å²) in [5.74, 6) is 1.18. The first-order chi connectivity index (χ1) is 9.48. The Morgan fingerprint density at radius 1 is 0.900 bits per heavy atom. The number of benzene rings is 1. The highest BCUT2D eigenvalue weighted by Crippen LogP contribution is 2.44. The van der Waals surface area contributed by atoms with Gasteiger partial charge in [-0.2, -0.15) is 0 Å². The lowest BCUT2D eigenvalue weighted by atomic mass is 9.79. The highest BCUT2D eigenvalue weighted by atomic mass is 16.5. The molecule has 0 heterocycles. The highest BCUT2D eigenvalue weighted by Gasteiger charge is 2.47. The first-order valence-electron chi connectivity index (χ1n) is 6.36. The van der Waals surface area contributed by atoms with Gasteiger partial charge in [0, 0.05) is 12.8 Å². The zero-order chi connectivity index (χ0) is 14.9. The predicted molar refractivity (Wildman–Crippen MR) is 72.7 cm³/mol. The second-order valence-corrected chi connectivity index (χ2v) is 4.89. The molecule has 0 bridgehead atoms. The average molecular weight is 278 g/mol. The van der Waals surface area contributed by atoms with Crippen molar-refractivity contribution in [3.63, 3.8) is 0 Å². The average Bonchev–Trinajstić information content (AvgIpc) is 2.74. The summed E-state index contributed by atoms with van der Waals surface area (Å²) in [7, 11) is 4.51. The molecule has 5 nitrogen and oxygen atoms in total. The number of methoxy groups -OCH3 is 3. The summed E-state index contributed by atoms with van der Waals surface area (Å²) in [6, 6.07) is 3.34. The zero-order valence-corrected chi connectivity index (χ0v) is 12.1. The Bertz CT molecular complexity index is 520. The summed E-state index contributed by atoms with van der Waals surface area (Å²) in [6.45, 7) is 1.66. The molecule has 1 saturated carbocycles. The van der Waals surface area contributed by atoms with Crippen molar-refractivity contribution in [1.82, 2.24) is 0 Å². The van der Waals surface area contributed by atoms with Gasteiger partial charge in [0.05, 0.1) is 21.3 Å². The minimum Gasteiger partial charge on any atom is -0.493 e. The van der Waals surface area contributed by atoms with E-state index in [0.717, 1.165) is 0 Å². The van der Waals surface area contributed by atoms with Crippen LogP contribution in [-0.4, -0.2) is 32.9 Å². The second kappa shape index (κ2) is 5.15. The number of hydrogen-bond acceptors (Lipinski definition) is 5. The Kier molecular flexibility index (Phi) is 3.70. The van der Waals surface area contributed by atoms with Gasteiger partial charge in [0.15, 0.2) is 23.1 Å². The Balaban J connectivity index is 2.64. The Morgan fingerprint density at radius 2 is 1.35 bits per heavy atom. The number of ketones is 2. The fourth-order valence-electron chi connectivity index (χ4n) is 2.57. The van der Waals surface area contributed by atoms with E-state index in [1.54, 1.807) is 19.1 Å². The fraction of sp³-hybridized carbons (Fsp3) is 0.467. The van der Waals surface area contributed by atoms with Crippen LogP contribution in [0.4, 0.5) is 0 Å². The molecule has 1 aliphatic rings. The van der Waals surface area contributed by atoms with Crippen LogP contribution in [0.25, 0.3) is 0 Å². The molecule has 0 amide bonds. The predicted octanol–water partition coefficient (Wildman–Crippen LogP) is 1.90. The summed E-state index contributed by atoms with van der Waals surface area (Å²) in [4.78, 5) is 24.3. The van der Waals surface area contributed by atoms with E-state index in [-0.39, 0.29) is 24.4 Å². The first kappa shape index (κ1) is 14.4. The van der Waals surface area contributed by atoms with Crippen LogP contribution in [0.3, 0.4) is 0 Å². The third-order valence-corrected chi connectivity index (χ3v) is 3.94. The van der Waals surface area contributed by atoms with Gasteiger partial charge in [-0.25, -0.2) is 0 Å². The molecule has 0 radical (unpaired) electrons. The topological polar surface area (TPSA) is 61.8 Å². The van der Waals surface area contributed by atoms with Crippen molar-refractivity contribution in [1.29, 1.82) is 0 Å². The smallest absolute Gasteiger partial charge is 0.203 e. The molecule has 0 aliphatic heterocycles. The third-order valence-electron chi connectivity index (χ3n) is 3.94. The number of rotatable bonds is 4. The summed E-state index contributed by atoms with van der Waals surface area (Å²) in [5.41, 5.74) is -0.535. The van der Waals surface area contributed by atoms with Crippen LogP contribution in [0.1, 0.15) is 25.3 Å². The van der Waals surface area contributed by atoms with Crippen LogP contribution in [0.15, 0.2) is 12.1 Å². The van der Waals surface area contributed by atoms with Crippen LogP contribution in [-0.2, 0) is 15.0 Å². The standard InChI is InChI=1S/C15H18O5/c1-15(12(16)5-6-13(15)17)9-7-10(18-2)14(20-4)11(8-9)19-3/h7-8H,5-6H2,1-4H3. The van der Waals surface area contributed by atoms with Crippen molar-refractivity contribution in [2.45, 2.75) is 25.2 Å². The summed E-state index contributed by atoms with van der Waals surface area (Å²) < 4.78 is 15.8.